The van der Waals surface area contributed by atoms with Gasteiger partial charge >= 0.3 is 0 Å². The zero-order valence-electron chi connectivity index (χ0n) is 20.8. The van der Waals surface area contributed by atoms with Crippen LogP contribution in [-0.2, 0) is 6.54 Å². The van der Waals surface area contributed by atoms with Crippen molar-refractivity contribution in [1.29, 1.82) is 0 Å². The van der Waals surface area contributed by atoms with Gasteiger partial charge in [-0.15, -0.1) is 0 Å². The summed E-state index contributed by atoms with van der Waals surface area (Å²) in [6.07, 6.45) is 9.55. The van der Waals surface area contributed by atoms with E-state index in [2.05, 4.69) is 15.1 Å². The summed E-state index contributed by atoms with van der Waals surface area (Å²) in [5, 5.41) is 5.08. The number of piperidine rings is 2. The second-order valence-corrected chi connectivity index (χ2v) is 9.95. The molecule has 2 aromatic carbocycles. The lowest BCUT2D eigenvalue weighted by Gasteiger charge is -2.40. The number of hydrogen-bond acceptors (Lipinski definition) is 6. The highest BCUT2D eigenvalue weighted by atomic mass is 19.1. The van der Waals surface area contributed by atoms with E-state index in [0.29, 0.717) is 29.1 Å². The Hall–Kier alpha value is -3.52. The molecule has 192 valence electrons. The zero-order valence-corrected chi connectivity index (χ0v) is 20.8. The van der Waals surface area contributed by atoms with Crippen LogP contribution >= 0.6 is 0 Å². The molecular weight excluding hydrogens is 472 g/mol. The van der Waals surface area contributed by atoms with Crippen molar-refractivity contribution in [3.63, 3.8) is 0 Å². The molecule has 2 saturated heterocycles. The van der Waals surface area contributed by atoms with Gasteiger partial charge in [0.1, 0.15) is 23.2 Å². The number of furan rings is 1. The molecule has 0 saturated carbocycles. The number of aromatic nitrogens is 2. The van der Waals surface area contributed by atoms with Crippen LogP contribution in [-0.4, -0.2) is 47.1 Å². The van der Waals surface area contributed by atoms with Gasteiger partial charge < -0.3 is 19.5 Å². The molecule has 2 aliphatic rings. The average Bonchev–Trinajstić information content (AvgIpc) is 3.37. The third-order valence-corrected chi connectivity index (χ3v) is 7.68. The lowest BCUT2D eigenvalue weighted by molar-refractivity contribution is 0.141. The van der Waals surface area contributed by atoms with Gasteiger partial charge in [0.05, 0.1) is 11.8 Å². The van der Waals surface area contributed by atoms with Crippen LogP contribution in [0.3, 0.4) is 0 Å². The number of hydrogen-bond donors (Lipinski definition) is 1. The van der Waals surface area contributed by atoms with Crippen LogP contribution in [0.1, 0.15) is 37.7 Å². The summed E-state index contributed by atoms with van der Waals surface area (Å²) in [5.74, 6) is 0.555. The summed E-state index contributed by atoms with van der Waals surface area (Å²) in [6.45, 7) is 4.12. The molecule has 2 aliphatic heterocycles. The van der Waals surface area contributed by atoms with E-state index in [1.54, 1.807) is 12.5 Å². The molecule has 4 aromatic rings. The Bertz CT molecular complexity index is 1360. The van der Waals surface area contributed by atoms with Crippen LogP contribution in [0.25, 0.3) is 22.1 Å². The van der Waals surface area contributed by atoms with Crippen LogP contribution in [0.4, 0.5) is 20.5 Å². The first kappa shape index (κ1) is 23.9. The number of nitrogens with one attached hydrogen (secondary N) is 1. The first-order chi connectivity index (χ1) is 18.2. The zero-order chi connectivity index (χ0) is 25.2. The van der Waals surface area contributed by atoms with Gasteiger partial charge in [-0.05, 0) is 50.9 Å². The fourth-order valence-corrected chi connectivity index (χ4v) is 5.61. The van der Waals surface area contributed by atoms with Gasteiger partial charge in [-0.25, -0.2) is 13.8 Å². The highest BCUT2D eigenvalue weighted by Gasteiger charge is 2.27. The van der Waals surface area contributed by atoms with Gasteiger partial charge in [-0.1, -0.05) is 36.8 Å². The largest absolute Gasteiger partial charge is 0.463 e. The van der Waals surface area contributed by atoms with Crippen molar-refractivity contribution in [2.45, 2.75) is 44.7 Å². The van der Waals surface area contributed by atoms with Crippen LogP contribution < -0.4 is 10.2 Å². The van der Waals surface area contributed by atoms with Crippen molar-refractivity contribution in [2.24, 2.45) is 0 Å². The fraction of sp³-hybridized carbons (Fsp3) is 0.379. The first-order valence-corrected chi connectivity index (χ1v) is 13.2. The van der Waals surface area contributed by atoms with E-state index in [0.717, 1.165) is 36.7 Å². The average molecular weight is 504 g/mol. The Balaban J connectivity index is 1.28. The molecule has 0 amide bonds. The second kappa shape index (κ2) is 10.5. The molecule has 0 bridgehead atoms. The summed E-state index contributed by atoms with van der Waals surface area (Å²) in [4.78, 5) is 14.4. The molecule has 2 fully saturated rings. The Morgan fingerprint density at radius 3 is 2.46 bits per heavy atom. The summed E-state index contributed by atoms with van der Waals surface area (Å²) < 4.78 is 34.6. The predicted octanol–water partition coefficient (Wildman–Crippen LogP) is 6.23. The topological polar surface area (TPSA) is 57.4 Å². The Morgan fingerprint density at radius 1 is 0.919 bits per heavy atom. The monoisotopic (exact) mass is 503 g/mol. The van der Waals surface area contributed by atoms with Gasteiger partial charge in [0.2, 0.25) is 5.95 Å². The maximum atomic E-state index is 14.4. The van der Waals surface area contributed by atoms with Crippen molar-refractivity contribution in [3.05, 3.63) is 72.1 Å². The normalized spacial score (nSPS) is 17.4. The molecule has 6 nitrogen and oxygen atoms in total. The van der Waals surface area contributed by atoms with E-state index in [4.69, 9.17) is 14.4 Å². The first-order valence-electron chi connectivity index (χ1n) is 13.2. The number of anilines is 2. The molecule has 37 heavy (non-hydrogen) atoms. The van der Waals surface area contributed by atoms with Crippen molar-refractivity contribution >= 4 is 22.5 Å². The van der Waals surface area contributed by atoms with Gasteiger partial charge in [0, 0.05) is 48.2 Å². The maximum Gasteiger partial charge on any atom is 0.227 e. The molecule has 0 atom stereocenters. The molecule has 0 radical (unpaired) electrons. The second-order valence-electron chi connectivity index (χ2n) is 9.95. The molecule has 0 spiro atoms. The third-order valence-electron chi connectivity index (χ3n) is 7.68. The summed E-state index contributed by atoms with van der Waals surface area (Å²) in [7, 11) is 0. The van der Waals surface area contributed by atoms with E-state index in [1.807, 2.05) is 24.3 Å². The van der Waals surface area contributed by atoms with Gasteiger partial charge in [0.25, 0.3) is 0 Å². The van der Waals surface area contributed by atoms with Crippen molar-refractivity contribution in [2.75, 3.05) is 36.4 Å². The lowest BCUT2D eigenvalue weighted by Crippen LogP contribution is -2.47. The summed E-state index contributed by atoms with van der Waals surface area (Å²) >= 11 is 0. The van der Waals surface area contributed by atoms with E-state index >= 15 is 0 Å². The van der Waals surface area contributed by atoms with Gasteiger partial charge in [0.15, 0.2) is 0 Å². The minimum absolute atomic E-state index is 0.0275. The maximum absolute atomic E-state index is 14.4. The number of fused-ring (bicyclic) bond motifs is 1. The van der Waals surface area contributed by atoms with E-state index in [-0.39, 0.29) is 12.1 Å². The lowest BCUT2D eigenvalue weighted by atomic mass is 10.00. The number of halogens is 2. The van der Waals surface area contributed by atoms with Gasteiger partial charge in [-0.3, -0.25) is 0 Å². The van der Waals surface area contributed by atoms with Crippen LogP contribution in [0, 0.1) is 11.6 Å². The molecule has 0 unspecified atom stereocenters. The molecular formula is C29H31F2N5O. The number of nitrogens with zero attached hydrogens (tertiary/aromatic N) is 4. The van der Waals surface area contributed by atoms with Crippen LogP contribution in [0.5, 0.6) is 0 Å². The predicted molar refractivity (Wildman–Crippen MR) is 142 cm³/mol. The molecule has 1 N–H and O–H groups in total. The van der Waals surface area contributed by atoms with Crippen molar-refractivity contribution in [3.8, 4) is 11.3 Å². The number of likely N-dealkylation sites (tertiary alicyclic amines) is 1. The highest BCUT2D eigenvalue weighted by molar-refractivity contribution is 5.96. The van der Waals surface area contributed by atoms with E-state index in [1.165, 1.54) is 50.6 Å². The molecule has 2 aromatic heterocycles. The minimum atomic E-state index is -0.591. The molecule has 8 heteroatoms. The van der Waals surface area contributed by atoms with Crippen LogP contribution in [0.15, 0.2) is 59.3 Å². The molecule has 4 heterocycles. The van der Waals surface area contributed by atoms with E-state index in [9.17, 15) is 8.78 Å². The number of rotatable bonds is 6. The van der Waals surface area contributed by atoms with Crippen molar-refractivity contribution in [1.82, 2.24) is 14.9 Å². The summed E-state index contributed by atoms with van der Waals surface area (Å²) in [6, 6.07) is 12.4. The smallest absolute Gasteiger partial charge is 0.227 e. The molecule has 0 aliphatic carbocycles. The van der Waals surface area contributed by atoms with Gasteiger partial charge in [-0.2, -0.15) is 4.98 Å². The third kappa shape index (κ3) is 4.90. The SMILES string of the molecule is Fc1cccc(F)c1CNc1nc(N2CCC(N3CCCCC3)CC2)ncc1-c1occ2ccccc12. The Labute approximate surface area is 215 Å². The van der Waals surface area contributed by atoms with E-state index < -0.39 is 11.6 Å². The standard InChI is InChI=1S/C29H31F2N5O/c30-25-9-6-10-26(31)23(25)17-32-28-24(27-22-8-3-2-7-20(22)19-37-27)18-33-29(34-28)36-15-11-21(12-16-36)35-13-4-1-5-14-35/h2-3,6-10,18-19,21H,1,4-5,11-17H2,(H,32,33,34). The quantitative estimate of drug-likeness (QED) is 0.336. The summed E-state index contributed by atoms with van der Waals surface area (Å²) in [5.41, 5.74) is 0.630. The Morgan fingerprint density at radius 2 is 1.68 bits per heavy atom. The highest BCUT2D eigenvalue weighted by Crippen LogP contribution is 2.35. The molecule has 6 rings (SSSR count). The minimum Gasteiger partial charge on any atom is -0.463 e. The van der Waals surface area contributed by atoms with Crippen LogP contribution in [0.2, 0.25) is 0 Å². The fourth-order valence-electron chi connectivity index (χ4n) is 5.61. The van der Waals surface area contributed by atoms with Crippen molar-refractivity contribution < 1.29 is 13.2 Å². The number of benzene rings is 2. The Kier molecular flexibility index (Phi) is 6.74.